The summed E-state index contributed by atoms with van der Waals surface area (Å²) >= 11 is 5.59. The maximum absolute atomic E-state index is 14.3. The number of anilines is 1. The van der Waals surface area contributed by atoms with E-state index in [-0.39, 0.29) is 36.1 Å². The van der Waals surface area contributed by atoms with Crippen LogP contribution in [0, 0.1) is 17.7 Å². The van der Waals surface area contributed by atoms with E-state index in [9.17, 15) is 9.18 Å². The van der Waals surface area contributed by atoms with Gasteiger partial charge in [-0.1, -0.05) is 12.1 Å². The van der Waals surface area contributed by atoms with Gasteiger partial charge < -0.3 is 39.1 Å². The zero-order valence-corrected chi connectivity index (χ0v) is 22.8. The Hall–Kier alpha value is -4.25. The molecule has 6 rings (SSSR count). The Morgan fingerprint density at radius 3 is 2.27 bits per heavy atom. The van der Waals surface area contributed by atoms with Crippen molar-refractivity contribution in [1.29, 1.82) is 0 Å². The molecule has 3 aromatic rings. The van der Waals surface area contributed by atoms with Crippen LogP contribution >= 0.6 is 12.2 Å². The smallest absolute Gasteiger partial charge is 0.310 e. The Kier molecular flexibility index (Phi) is 6.75. The molecule has 3 aromatic carbocycles. The summed E-state index contributed by atoms with van der Waals surface area (Å²) in [7, 11) is 4.63. The average Bonchev–Trinajstić information content (AvgIpc) is 3.58. The van der Waals surface area contributed by atoms with Crippen LogP contribution in [0.5, 0.6) is 28.7 Å². The van der Waals surface area contributed by atoms with E-state index in [0.29, 0.717) is 28.7 Å². The van der Waals surface area contributed by atoms with Gasteiger partial charge in [0.15, 0.2) is 28.1 Å². The number of thiocarbonyl (C=S) groups is 1. The van der Waals surface area contributed by atoms with E-state index in [4.69, 9.17) is 40.6 Å². The van der Waals surface area contributed by atoms with Gasteiger partial charge in [-0.25, -0.2) is 4.39 Å². The van der Waals surface area contributed by atoms with Crippen LogP contribution in [0.2, 0.25) is 0 Å². The molecule has 0 amide bonds. The summed E-state index contributed by atoms with van der Waals surface area (Å²) in [6.07, 6.45) is 0. The van der Waals surface area contributed by atoms with Crippen molar-refractivity contribution in [2.75, 3.05) is 40.0 Å². The third kappa shape index (κ3) is 4.30. The lowest BCUT2D eigenvalue weighted by molar-refractivity contribution is -0.141. The van der Waals surface area contributed by atoms with E-state index in [1.807, 2.05) is 24.3 Å². The van der Waals surface area contributed by atoms with Gasteiger partial charge in [-0.15, -0.1) is 0 Å². The summed E-state index contributed by atoms with van der Waals surface area (Å²) in [6, 6.07) is 13.3. The van der Waals surface area contributed by atoms with Gasteiger partial charge in [0.05, 0.1) is 45.6 Å². The van der Waals surface area contributed by atoms with Crippen molar-refractivity contribution in [2.24, 2.45) is 11.8 Å². The van der Waals surface area contributed by atoms with Crippen LogP contribution in [0.3, 0.4) is 0 Å². The number of esters is 1. The molecule has 11 heteroatoms. The van der Waals surface area contributed by atoms with Crippen molar-refractivity contribution < 1.29 is 37.6 Å². The number of halogens is 1. The molecule has 0 unspecified atom stereocenters. The molecule has 0 radical (unpaired) electrons. The first-order valence-corrected chi connectivity index (χ1v) is 13.1. The first kappa shape index (κ1) is 26.0. The first-order chi connectivity index (χ1) is 19.4. The molecule has 0 bridgehead atoms. The highest BCUT2D eigenvalue weighted by Gasteiger charge is 2.53. The number of fused-ring (bicyclic) bond motifs is 3. The normalized spacial score (nSPS) is 22.1. The maximum atomic E-state index is 14.3. The second-order valence-electron chi connectivity index (χ2n) is 9.65. The Bertz CT molecular complexity index is 1470. The highest BCUT2D eigenvalue weighted by molar-refractivity contribution is 7.80. The van der Waals surface area contributed by atoms with Gasteiger partial charge in [-0.2, -0.15) is 0 Å². The van der Waals surface area contributed by atoms with E-state index in [1.165, 1.54) is 13.2 Å². The summed E-state index contributed by atoms with van der Waals surface area (Å²) in [5, 5.41) is 6.47. The van der Waals surface area contributed by atoms with Crippen molar-refractivity contribution in [2.45, 2.75) is 12.0 Å². The molecule has 40 heavy (non-hydrogen) atoms. The molecule has 0 saturated carbocycles. The number of carbonyl (C=O) groups excluding carboxylic acids is 1. The predicted octanol–water partition coefficient (Wildman–Crippen LogP) is 4.54. The van der Waals surface area contributed by atoms with E-state index in [0.717, 1.165) is 16.7 Å². The number of para-hydroxylation sites is 1. The molecule has 2 N–H and O–H groups in total. The SMILES string of the molecule is COc1cc([C@@H]2c3cc4c(cc3[C@@H](NC(=S)Nc3ccccc3F)[C@H]3COC(=O)[C@H]23)OCO4)cc(OC)c1OC. The molecule has 208 valence electrons. The monoisotopic (exact) mass is 566 g/mol. The fourth-order valence-electron chi connectivity index (χ4n) is 5.89. The molecule has 1 fully saturated rings. The van der Waals surface area contributed by atoms with Crippen LogP contribution in [0.1, 0.15) is 28.7 Å². The molecule has 2 heterocycles. The third-order valence-electron chi connectivity index (χ3n) is 7.64. The summed E-state index contributed by atoms with van der Waals surface area (Å²) in [5.41, 5.74) is 2.73. The van der Waals surface area contributed by atoms with Crippen LogP contribution in [-0.4, -0.2) is 45.8 Å². The Morgan fingerprint density at radius 1 is 0.950 bits per heavy atom. The van der Waals surface area contributed by atoms with Crippen molar-refractivity contribution in [3.63, 3.8) is 0 Å². The van der Waals surface area contributed by atoms with E-state index < -0.39 is 23.7 Å². The Balaban J connectivity index is 1.47. The zero-order valence-electron chi connectivity index (χ0n) is 22.0. The van der Waals surface area contributed by atoms with E-state index in [2.05, 4.69) is 10.6 Å². The fourth-order valence-corrected chi connectivity index (χ4v) is 6.13. The molecule has 1 saturated heterocycles. The standard InChI is InChI=1S/C29H27FN2O7S/c1-34-22-8-14(9-23(35-2)27(22)36-3)24-15-10-20-21(39-13-38-20)11-16(15)26(17-12-37-28(33)25(17)24)32-29(40)31-19-7-5-4-6-18(19)30/h4-11,17,24-26H,12-13H2,1-3H3,(H2,31,32,40)/t17-,24+,25-,26+/m0/s1. The largest absolute Gasteiger partial charge is 0.493 e. The minimum Gasteiger partial charge on any atom is -0.493 e. The minimum absolute atomic E-state index is 0.0906. The van der Waals surface area contributed by atoms with Gasteiger partial charge in [0.25, 0.3) is 0 Å². The Morgan fingerprint density at radius 2 is 1.62 bits per heavy atom. The predicted molar refractivity (Wildman–Crippen MR) is 147 cm³/mol. The number of cyclic esters (lactones) is 1. The summed E-state index contributed by atoms with van der Waals surface area (Å²) in [4.78, 5) is 13.3. The third-order valence-corrected chi connectivity index (χ3v) is 7.86. The topological polar surface area (TPSA) is 96.5 Å². The number of carbonyl (C=O) groups is 1. The lowest BCUT2D eigenvalue weighted by Crippen LogP contribution is -2.44. The van der Waals surface area contributed by atoms with Crippen LogP contribution in [0.25, 0.3) is 0 Å². The number of methoxy groups -OCH3 is 3. The second kappa shape index (κ2) is 10.4. The number of hydrogen-bond donors (Lipinski definition) is 2. The molecule has 1 aliphatic carbocycles. The van der Waals surface area contributed by atoms with E-state index >= 15 is 0 Å². The quantitative estimate of drug-likeness (QED) is 0.327. The van der Waals surface area contributed by atoms with Crippen LogP contribution in [0.15, 0.2) is 48.5 Å². The van der Waals surface area contributed by atoms with Gasteiger partial charge in [-0.05, 0) is 65.3 Å². The minimum atomic E-state index is -0.565. The summed E-state index contributed by atoms with van der Waals surface area (Å²) < 4.78 is 48.1. The van der Waals surface area contributed by atoms with Gasteiger partial charge >= 0.3 is 5.97 Å². The highest BCUT2D eigenvalue weighted by Crippen LogP contribution is 2.55. The lowest BCUT2D eigenvalue weighted by atomic mass is 9.65. The zero-order chi connectivity index (χ0) is 28.0. The number of ether oxygens (including phenoxy) is 6. The number of nitrogens with one attached hydrogen (secondary N) is 2. The molecule has 9 nitrogen and oxygen atoms in total. The van der Waals surface area contributed by atoms with E-state index in [1.54, 1.807) is 32.4 Å². The number of benzene rings is 3. The first-order valence-electron chi connectivity index (χ1n) is 12.7. The fraction of sp³-hybridized carbons (Fsp3) is 0.310. The van der Waals surface area contributed by atoms with Gasteiger partial charge in [0.1, 0.15) is 5.82 Å². The van der Waals surface area contributed by atoms with Crippen LogP contribution < -0.4 is 34.3 Å². The summed E-state index contributed by atoms with van der Waals surface area (Å²) in [5.74, 6) is 0.502. The number of hydrogen-bond acceptors (Lipinski definition) is 8. The molecule has 4 atom stereocenters. The van der Waals surface area contributed by atoms with Gasteiger partial charge in [0, 0.05) is 11.8 Å². The lowest BCUT2D eigenvalue weighted by Gasteiger charge is -2.40. The van der Waals surface area contributed by atoms with Gasteiger partial charge in [0.2, 0.25) is 12.5 Å². The van der Waals surface area contributed by atoms with Gasteiger partial charge in [-0.3, -0.25) is 4.79 Å². The summed E-state index contributed by atoms with van der Waals surface area (Å²) in [6.45, 7) is 0.269. The van der Waals surface area contributed by atoms with Crippen molar-refractivity contribution in [1.82, 2.24) is 5.32 Å². The molecule has 3 aliphatic rings. The number of rotatable bonds is 6. The second-order valence-corrected chi connectivity index (χ2v) is 10.1. The molecule has 0 aromatic heterocycles. The highest BCUT2D eigenvalue weighted by atomic mass is 32.1. The average molecular weight is 567 g/mol. The molecule has 0 spiro atoms. The van der Waals surface area contributed by atoms with Crippen molar-refractivity contribution in [3.05, 3.63) is 71.0 Å². The van der Waals surface area contributed by atoms with Crippen molar-refractivity contribution in [3.8, 4) is 28.7 Å². The van der Waals surface area contributed by atoms with Crippen LogP contribution in [0.4, 0.5) is 10.1 Å². The Labute approximate surface area is 235 Å². The maximum Gasteiger partial charge on any atom is 0.310 e. The van der Waals surface area contributed by atoms with Crippen molar-refractivity contribution >= 4 is 29.0 Å². The van der Waals surface area contributed by atoms with Crippen LogP contribution in [-0.2, 0) is 9.53 Å². The molecular formula is C29H27FN2O7S. The molecular weight excluding hydrogens is 539 g/mol. The molecule has 2 aliphatic heterocycles.